The molecule has 2 heterocycles. The number of anilines is 1. The Balaban J connectivity index is 1.93. The lowest BCUT2D eigenvalue weighted by Crippen LogP contribution is -2.20. The monoisotopic (exact) mass is 282 g/mol. The Bertz CT molecular complexity index is 702. The van der Waals surface area contributed by atoms with Gasteiger partial charge in [-0.25, -0.2) is 8.42 Å². The Kier molecular flexibility index (Phi) is 2.94. The zero-order valence-corrected chi connectivity index (χ0v) is 11.0. The van der Waals surface area contributed by atoms with Crippen molar-refractivity contribution in [2.75, 3.05) is 18.1 Å². The molecular formula is C12H14N2O4S. The second kappa shape index (κ2) is 4.50. The van der Waals surface area contributed by atoms with E-state index in [0.29, 0.717) is 23.4 Å². The van der Waals surface area contributed by atoms with Gasteiger partial charge in [0.2, 0.25) is 9.84 Å². The number of oxazole rings is 1. The Morgan fingerprint density at radius 1 is 1.42 bits per heavy atom. The van der Waals surface area contributed by atoms with Crippen LogP contribution in [0.5, 0.6) is 0 Å². The van der Waals surface area contributed by atoms with E-state index >= 15 is 0 Å². The number of nitrogens with zero attached hydrogens (tertiary/aromatic N) is 1. The number of fused-ring (bicyclic) bond motifs is 1. The van der Waals surface area contributed by atoms with E-state index in [0.717, 1.165) is 12.8 Å². The van der Waals surface area contributed by atoms with Crippen molar-refractivity contribution in [2.24, 2.45) is 0 Å². The van der Waals surface area contributed by atoms with E-state index < -0.39 is 9.84 Å². The van der Waals surface area contributed by atoms with Crippen molar-refractivity contribution in [3.8, 4) is 0 Å². The number of nitrogens with two attached hydrogens (primary N) is 1. The van der Waals surface area contributed by atoms with Gasteiger partial charge in [-0.3, -0.25) is 0 Å². The van der Waals surface area contributed by atoms with Crippen LogP contribution in [0.2, 0.25) is 0 Å². The van der Waals surface area contributed by atoms with Crippen molar-refractivity contribution in [1.29, 1.82) is 0 Å². The lowest BCUT2D eigenvalue weighted by molar-refractivity contribution is 0.127. The molecule has 6 nitrogen and oxygen atoms in total. The lowest BCUT2D eigenvalue weighted by atomic mass is 10.3. The fraction of sp³-hybridized carbons (Fsp3) is 0.417. The van der Waals surface area contributed by atoms with Gasteiger partial charge in [0, 0.05) is 18.4 Å². The van der Waals surface area contributed by atoms with Gasteiger partial charge in [0.25, 0.3) is 0 Å². The maximum absolute atomic E-state index is 12.2. The van der Waals surface area contributed by atoms with E-state index in [1.165, 1.54) is 0 Å². The van der Waals surface area contributed by atoms with Crippen molar-refractivity contribution >= 4 is 26.6 Å². The fourth-order valence-electron chi connectivity index (χ4n) is 2.14. The van der Waals surface area contributed by atoms with Crippen LogP contribution >= 0.6 is 0 Å². The van der Waals surface area contributed by atoms with Crippen molar-refractivity contribution in [1.82, 2.24) is 4.98 Å². The van der Waals surface area contributed by atoms with E-state index in [9.17, 15) is 8.42 Å². The average Bonchev–Trinajstić information content (AvgIpc) is 2.96. The van der Waals surface area contributed by atoms with E-state index in [-0.39, 0.29) is 17.1 Å². The molecule has 0 radical (unpaired) electrons. The number of nitrogen functional groups attached to an aromatic ring is 1. The van der Waals surface area contributed by atoms with Crippen molar-refractivity contribution in [3.63, 3.8) is 0 Å². The first-order valence-corrected chi connectivity index (χ1v) is 7.70. The summed E-state index contributed by atoms with van der Waals surface area (Å²) in [6.45, 7) is 0.615. The van der Waals surface area contributed by atoms with Gasteiger partial charge in [-0.15, -0.1) is 0 Å². The normalized spacial score (nSPS) is 20.1. The summed E-state index contributed by atoms with van der Waals surface area (Å²) in [4.78, 5) is 4.00. The summed E-state index contributed by atoms with van der Waals surface area (Å²) < 4.78 is 35.0. The van der Waals surface area contributed by atoms with Crippen LogP contribution in [0.1, 0.15) is 12.8 Å². The summed E-state index contributed by atoms with van der Waals surface area (Å²) >= 11 is 0. The molecule has 2 aromatic rings. The summed E-state index contributed by atoms with van der Waals surface area (Å²) in [7, 11) is -3.56. The van der Waals surface area contributed by atoms with Gasteiger partial charge in [-0.05, 0) is 25.0 Å². The van der Waals surface area contributed by atoms with E-state index in [2.05, 4.69) is 4.98 Å². The third-order valence-corrected chi connectivity index (χ3v) is 4.61. The van der Waals surface area contributed by atoms with E-state index in [4.69, 9.17) is 14.9 Å². The quantitative estimate of drug-likeness (QED) is 0.854. The van der Waals surface area contributed by atoms with Gasteiger partial charge in [-0.2, -0.15) is 4.98 Å². The number of sulfone groups is 1. The average molecular weight is 282 g/mol. The van der Waals surface area contributed by atoms with Gasteiger partial charge < -0.3 is 14.9 Å². The number of hydrogen-bond acceptors (Lipinski definition) is 6. The lowest BCUT2D eigenvalue weighted by Gasteiger charge is -2.06. The number of hydrogen-bond donors (Lipinski definition) is 1. The minimum Gasteiger partial charge on any atom is -0.428 e. The number of benzene rings is 1. The number of aromatic nitrogens is 1. The predicted octanol–water partition coefficient (Wildman–Crippen LogP) is 1.36. The van der Waals surface area contributed by atoms with Gasteiger partial charge in [0.05, 0.1) is 11.9 Å². The van der Waals surface area contributed by atoms with Crippen LogP contribution in [0, 0.1) is 0 Å². The second-order valence-electron chi connectivity index (χ2n) is 4.62. The number of ether oxygens (including phenoxy) is 1. The fourth-order valence-corrected chi connectivity index (χ4v) is 3.49. The Labute approximate surface area is 110 Å². The molecule has 1 aliphatic heterocycles. The van der Waals surface area contributed by atoms with Crippen LogP contribution in [0.15, 0.2) is 27.8 Å². The first-order valence-electron chi connectivity index (χ1n) is 6.05. The highest BCUT2D eigenvalue weighted by molar-refractivity contribution is 7.91. The molecule has 19 heavy (non-hydrogen) atoms. The minimum absolute atomic E-state index is 0.0880. The van der Waals surface area contributed by atoms with Crippen molar-refractivity contribution < 1.29 is 17.6 Å². The first kappa shape index (κ1) is 12.4. The summed E-state index contributed by atoms with van der Waals surface area (Å²) in [5.41, 5.74) is 6.99. The molecule has 7 heteroatoms. The van der Waals surface area contributed by atoms with Gasteiger partial charge in [0.1, 0.15) is 5.52 Å². The number of rotatable bonds is 3. The maximum Gasteiger partial charge on any atom is 0.316 e. The Morgan fingerprint density at radius 2 is 2.26 bits per heavy atom. The van der Waals surface area contributed by atoms with Crippen LogP contribution < -0.4 is 5.73 Å². The van der Waals surface area contributed by atoms with Crippen LogP contribution in [-0.2, 0) is 14.6 Å². The summed E-state index contributed by atoms with van der Waals surface area (Å²) in [5.74, 6) is -0.0880. The largest absolute Gasteiger partial charge is 0.428 e. The molecule has 1 aromatic heterocycles. The highest BCUT2D eigenvalue weighted by Gasteiger charge is 2.28. The molecule has 0 spiro atoms. The Hall–Kier alpha value is -1.60. The topological polar surface area (TPSA) is 95.4 Å². The molecule has 1 aliphatic rings. The zero-order valence-electron chi connectivity index (χ0n) is 10.2. The van der Waals surface area contributed by atoms with E-state index in [1.807, 2.05) is 0 Å². The molecule has 1 atom stereocenters. The molecule has 1 aromatic carbocycles. The smallest absolute Gasteiger partial charge is 0.316 e. The molecule has 0 amide bonds. The predicted molar refractivity (Wildman–Crippen MR) is 69.4 cm³/mol. The molecule has 1 unspecified atom stereocenters. The molecular weight excluding hydrogens is 268 g/mol. The maximum atomic E-state index is 12.2. The van der Waals surface area contributed by atoms with Gasteiger partial charge >= 0.3 is 5.22 Å². The highest BCUT2D eigenvalue weighted by Crippen LogP contribution is 2.24. The molecule has 3 rings (SSSR count). The first-order chi connectivity index (χ1) is 9.04. The Morgan fingerprint density at radius 3 is 3.00 bits per heavy atom. The molecule has 1 fully saturated rings. The van der Waals surface area contributed by atoms with Gasteiger partial charge in [-0.1, -0.05) is 0 Å². The van der Waals surface area contributed by atoms with Crippen LogP contribution in [0.3, 0.4) is 0 Å². The standard InChI is InChI=1S/C12H14N2O4S/c13-8-3-4-10-11(6-8)18-12(14-10)19(15,16)7-9-2-1-5-17-9/h3-4,6,9H,1-2,5,7,13H2. The molecule has 2 N–H and O–H groups in total. The van der Waals surface area contributed by atoms with Crippen LogP contribution in [-0.4, -0.2) is 31.9 Å². The summed E-state index contributed by atoms with van der Waals surface area (Å²) in [5, 5.41) is -0.261. The van der Waals surface area contributed by atoms with Gasteiger partial charge in [0.15, 0.2) is 5.58 Å². The molecule has 1 saturated heterocycles. The highest BCUT2D eigenvalue weighted by atomic mass is 32.2. The zero-order chi connectivity index (χ0) is 13.5. The molecule has 0 saturated carbocycles. The summed E-state index contributed by atoms with van der Waals surface area (Å²) in [6, 6.07) is 4.86. The third kappa shape index (κ3) is 2.43. The third-order valence-electron chi connectivity index (χ3n) is 3.09. The minimum atomic E-state index is -3.56. The van der Waals surface area contributed by atoms with Crippen LogP contribution in [0.25, 0.3) is 11.1 Å². The van der Waals surface area contributed by atoms with E-state index in [1.54, 1.807) is 18.2 Å². The van der Waals surface area contributed by atoms with Crippen molar-refractivity contribution in [3.05, 3.63) is 18.2 Å². The van der Waals surface area contributed by atoms with Crippen LogP contribution in [0.4, 0.5) is 5.69 Å². The molecule has 102 valence electrons. The molecule has 0 aliphatic carbocycles. The second-order valence-corrected chi connectivity index (χ2v) is 6.54. The summed E-state index contributed by atoms with van der Waals surface area (Å²) in [6.07, 6.45) is 1.39. The SMILES string of the molecule is Nc1ccc2nc(S(=O)(=O)CC3CCCO3)oc2c1. The van der Waals surface area contributed by atoms with Crippen molar-refractivity contribution in [2.45, 2.75) is 24.2 Å². The molecule has 0 bridgehead atoms.